The molecular weight excluding hydrogens is 168 g/mol. The minimum atomic E-state index is -1.11. The van der Waals surface area contributed by atoms with Crippen LogP contribution in [-0.4, -0.2) is 11.1 Å². The van der Waals surface area contributed by atoms with Gasteiger partial charge in [-0.2, -0.15) is 5.26 Å². The van der Waals surface area contributed by atoms with Gasteiger partial charge in [-0.15, -0.1) is 0 Å². The van der Waals surface area contributed by atoms with Crippen LogP contribution >= 0.6 is 0 Å². The minimum Gasteiger partial charge on any atom is -0.478 e. The van der Waals surface area contributed by atoms with Crippen LogP contribution in [0, 0.1) is 18.3 Å². The van der Waals surface area contributed by atoms with Crippen LogP contribution in [0.25, 0.3) is 0 Å². The van der Waals surface area contributed by atoms with Crippen LogP contribution < -0.4 is 5.73 Å². The highest BCUT2D eigenvalue weighted by molar-refractivity contribution is 5.91. The van der Waals surface area contributed by atoms with E-state index in [9.17, 15) is 4.79 Å². The molecule has 0 fully saturated rings. The predicted molar refractivity (Wildman–Crippen MR) is 47.3 cm³/mol. The highest BCUT2D eigenvalue weighted by atomic mass is 16.4. The van der Waals surface area contributed by atoms with Crippen molar-refractivity contribution in [1.82, 2.24) is 0 Å². The Hall–Kier alpha value is -2.02. The molecule has 0 radical (unpaired) electrons. The van der Waals surface area contributed by atoms with Crippen LogP contribution in [0.2, 0.25) is 0 Å². The van der Waals surface area contributed by atoms with Gasteiger partial charge in [-0.1, -0.05) is 0 Å². The summed E-state index contributed by atoms with van der Waals surface area (Å²) in [6.07, 6.45) is 0. The van der Waals surface area contributed by atoms with Crippen LogP contribution in [0.15, 0.2) is 12.1 Å². The Morgan fingerprint density at radius 1 is 1.62 bits per heavy atom. The number of nitrogens with two attached hydrogens (primary N) is 1. The lowest BCUT2D eigenvalue weighted by atomic mass is 10.0. The molecule has 1 aromatic rings. The molecule has 1 rings (SSSR count). The number of carboxylic acids is 1. The number of nitrogen functional groups attached to an aromatic ring is 1. The van der Waals surface area contributed by atoms with E-state index in [0.29, 0.717) is 11.3 Å². The van der Waals surface area contributed by atoms with E-state index in [-0.39, 0.29) is 11.1 Å². The van der Waals surface area contributed by atoms with E-state index in [1.54, 1.807) is 13.0 Å². The quantitative estimate of drug-likeness (QED) is 0.628. The first-order valence-corrected chi connectivity index (χ1v) is 3.59. The fraction of sp³-hybridized carbons (Fsp3) is 0.111. The number of anilines is 1. The number of nitrogens with zero attached hydrogens (tertiary/aromatic N) is 1. The molecule has 66 valence electrons. The number of aryl methyl sites for hydroxylation is 1. The molecule has 4 nitrogen and oxygen atoms in total. The summed E-state index contributed by atoms with van der Waals surface area (Å²) in [6.45, 7) is 1.70. The van der Waals surface area contributed by atoms with Gasteiger partial charge in [0.1, 0.15) is 6.07 Å². The number of hydrogen-bond donors (Lipinski definition) is 2. The van der Waals surface area contributed by atoms with Gasteiger partial charge in [0.05, 0.1) is 11.1 Å². The van der Waals surface area contributed by atoms with Gasteiger partial charge in [0.25, 0.3) is 0 Å². The average Bonchev–Trinajstić information content (AvgIpc) is 2.08. The molecule has 0 spiro atoms. The molecule has 0 saturated carbocycles. The van der Waals surface area contributed by atoms with E-state index in [1.807, 2.05) is 0 Å². The van der Waals surface area contributed by atoms with Crippen molar-refractivity contribution >= 4 is 11.7 Å². The molecule has 0 aliphatic carbocycles. The summed E-state index contributed by atoms with van der Waals surface area (Å²) in [4.78, 5) is 10.7. The number of carbonyl (C=O) groups is 1. The molecule has 0 aromatic heterocycles. The van der Waals surface area contributed by atoms with Crippen LogP contribution in [0.4, 0.5) is 5.69 Å². The number of nitriles is 1. The highest BCUT2D eigenvalue weighted by Crippen LogP contribution is 2.17. The smallest absolute Gasteiger partial charge is 0.337 e. The van der Waals surface area contributed by atoms with Gasteiger partial charge in [-0.05, 0) is 24.6 Å². The summed E-state index contributed by atoms with van der Waals surface area (Å²) in [7, 11) is 0. The predicted octanol–water partition coefficient (Wildman–Crippen LogP) is 1.15. The summed E-state index contributed by atoms with van der Waals surface area (Å²) >= 11 is 0. The molecule has 0 amide bonds. The fourth-order valence-corrected chi connectivity index (χ4v) is 0.994. The van der Waals surface area contributed by atoms with Crippen molar-refractivity contribution in [2.45, 2.75) is 6.92 Å². The Morgan fingerprint density at radius 3 is 2.69 bits per heavy atom. The third-order valence-electron chi connectivity index (χ3n) is 1.76. The number of benzene rings is 1. The minimum absolute atomic E-state index is 0.00537. The number of aromatic carboxylic acids is 1. The van der Waals surface area contributed by atoms with Crippen LogP contribution in [0.1, 0.15) is 21.5 Å². The first-order valence-electron chi connectivity index (χ1n) is 3.59. The van der Waals surface area contributed by atoms with E-state index in [0.717, 1.165) is 0 Å². The zero-order valence-corrected chi connectivity index (χ0v) is 7.03. The van der Waals surface area contributed by atoms with E-state index in [4.69, 9.17) is 16.1 Å². The van der Waals surface area contributed by atoms with Crippen molar-refractivity contribution in [1.29, 1.82) is 5.26 Å². The van der Waals surface area contributed by atoms with Crippen molar-refractivity contribution in [3.05, 3.63) is 28.8 Å². The van der Waals surface area contributed by atoms with Crippen molar-refractivity contribution in [2.24, 2.45) is 0 Å². The van der Waals surface area contributed by atoms with Gasteiger partial charge in [0.15, 0.2) is 0 Å². The normalized spacial score (nSPS) is 9.23. The Morgan fingerprint density at radius 2 is 2.23 bits per heavy atom. The van der Waals surface area contributed by atoms with Gasteiger partial charge in [-0.3, -0.25) is 0 Å². The zero-order chi connectivity index (χ0) is 10.0. The Balaban J connectivity index is 3.44. The van der Waals surface area contributed by atoms with E-state index in [2.05, 4.69) is 0 Å². The van der Waals surface area contributed by atoms with Crippen molar-refractivity contribution in [3.63, 3.8) is 0 Å². The first kappa shape index (κ1) is 9.07. The lowest BCUT2D eigenvalue weighted by Gasteiger charge is -2.03. The second kappa shape index (κ2) is 3.15. The highest BCUT2D eigenvalue weighted by Gasteiger charge is 2.11. The number of hydrogen-bond acceptors (Lipinski definition) is 3. The van der Waals surface area contributed by atoms with Gasteiger partial charge >= 0.3 is 5.97 Å². The fourth-order valence-electron chi connectivity index (χ4n) is 0.994. The average molecular weight is 176 g/mol. The molecule has 0 aliphatic heterocycles. The van der Waals surface area contributed by atoms with Crippen LogP contribution in [-0.2, 0) is 0 Å². The molecule has 3 N–H and O–H groups in total. The first-order chi connectivity index (χ1) is 6.06. The van der Waals surface area contributed by atoms with E-state index in [1.165, 1.54) is 12.1 Å². The molecule has 13 heavy (non-hydrogen) atoms. The Bertz CT molecular complexity index is 405. The maximum absolute atomic E-state index is 10.7. The molecule has 0 unspecified atom stereocenters. The third kappa shape index (κ3) is 1.59. The zero-order valence-electron chi connectivity index (χ0n) is 7.03. The Labute approximate surface area is 75.2 Å². The molecule has 0 saturated heterocycles. The topological polar surface area (TPSA) is 87.1 Å². The molecule has 4 heteroatoms. The molecule has 0 heterocycles. The number of carboxylic acid groups (broad SMARTS) is 1. The maximum atomic E-state index is 10.7. The molecule has 0 bridgehead atoms. The summed E-state index contributed by atoms with van der Waals surface area (Å²) < 4.78 is 0. The van der Waals surface area contributed by atoms with Gasteiger partial charge in [-0.25, -0.2) is 4.79 Å². The Kier molecular flexibility index (Phi) is 2.20. The van der Waals surface area contributed by atoms with Crippen LogP contribution in [0.3, 0.4) is 0 Å². The number of rotatable bonds is 1. The van der Waals surface area contributed by atoms with Crippen molar-refractivity contribution in [3.8, 4) is 6.07 Å². The second-order valence-electron chi connectivity index (χ2n) is 2.67. The summed E-state index contributed by atoms with van der Waals surface area (Å²) in [6, 6.07) is 4.56. The SMILES string of the molecule is Cc1cc(C(=O)O)c(C#N)cc1N. The summed E-state index contributed by atoms with van der Waals surface area (Å²) in [5, 5.41) is 17.3. The van der Waals surface area contributed by atoms with Gasteiger partial charge < -0.3 is 10.8 Å². The maximum Gasteiger partial charge on any atom is 0.337 e. The monoisotopic (exact) mass is 176 g/mol. The molecule has 0 aliphatic rings. The lowest BCUT2D eigenvalue weighted by molar-refractivity contribution is 0.0696. The largest absolute Gasteiger partial charge is 0.478 e. The lowest BCUT2D eigenvalue weighted by Crippen LogP contribution is -2.02. The third-order valence-corrected chi connectivity index (χ3v) is 1.76. The second-order valence-corrected chi connectivity index (χ2v) is 2.67. The van der Waals surface area contributed by atoms with Gasteiger partial charge in [0, 0.05) is 5.69 Å². The molecule has 0 atom stereocenters. The van der Waals surface area contributed by atoms with E-state index >= 15 is 0 Å². The summed E-state index contributed by atoms with van der Waals surface area (Å²) in [5.41, 5.74) is 6.70. The van der Waals surface area contributed by atoms with E-state index < -0.39 is 5.97 Å². The van der Waals surface area contributed by atoms with Crippen LogP contribution in [0.5, 0.6) is 0 Å². The standard InChI is InChI=1S/C9H8N2O2/c1-5-2-7(9(12)13)6(4-10)3-8(5)11/h2-3H,11H2,1H3,(H,12,13). The molecule has 1 aromatic carbocycles. The molecular formula is C9H8N2O2. The van der Waals surface area contributed by atoms with Crippen molar-refractivity contribution in [2.75, 3.05) is 5.73 Å². The van der Waals surface area contributed by atoms with Gasteiger partial charge in [0.2, 0.25) is 0 Å². The van der Waals surface area contributed by atoms with Crippen molar-refractivity contribution < 1.29 is 9.90 Å². The summed E-state index contributed by atoms with van der Waals surface area (Å²) in [5.74, 6) is -1.11.